The molecule has 0 heterocycles. The van der Waals surface area contributed by atoms with E-state index in [9.17, 15) is 14.4 Å². The monoisotopic (exact) mass is 1020 g/mol. The molecular weight excluding hydrogens is 913 g/mol. The fourth-order valence-corrected chi connectivity index (χ4v) is 8.14. The zero-order valence-electron chi connectivity index (χ0n) is 48.1. The highest BCUT2D eigenvalue weighted by molar-refractivity contribution is 5.71. The smallest absolute Gasteiger partial charge is 0.306 e. The van der Waals surface area contributed by atoms with Crippen LogP contribution in [0.5, 0.6) is 0 Å². The second-order valence-electron chi connectivity index (χ2n) is 19.9. The maximum atomic E-state index is 12.9. The summed E-state index contributed by atoms with van der Waals surface area (Å²) >= 11 is 0. The second kappa shape index (κ2) is 61.4. The average Bonchev–Trinajstić information content (AvgIpc) is 3.40. The number of esters is 3. The molecule has 0 fully saturated rings. The van der Waals surface area contributed by atoms with Gasteiger partial charge in [0.1, 0.15) is 13.2 Å². The van der Waals surface area contributed by atoms with Gasteiger partial charge in [-0.2, -0.15) is 0 Å². The Morgan fingerprint density at radius 2 is 0.541 bits per heavy atom. The molecule has 0 aliphatic rings. The van der Waals surface area contributed by atoms with Gasteiger partial charge in [0.05, 0.1) is 0 Å². The highest BCUT2D eigenvalue weighted by Gasteiger charge is 2.19. The van der Waals surface area contributed by atoms with Crippen LogP contribution in [0.2, 0.25) is 0 Å². The number of carbonyl (C=O) groups is 3. The van der Waals surface area contributed by atoms with Gasteiger partial charge in [0, 0.05) is 19.3 Å². The van der Waals surface area contributed by atoms with Crippen LogP contribution < -0.4 is 0 Å². The largest absolute Gasteiger partial charge is 0.462 e. The van der Waals surface area contributed by atoms with E-state index in [1.165, 1.54) is 109 Å². The first kappa shape index (κ1) is 69.8. The first-order chi connectivity index (χ1) is 36.5. The molecule has 1 unspecified atom stereocenters. The van der Waals surface area contributed by atoms with E-state index < -0.39 is 6.10 Å². The van der Waals surface area contributed by atoms with Crippen molar-refractivity contribution in [1.82, 2.24) is 0 Å². The number of rotatable bonds is 54. The summed E-state index contributed by atoms with van der Waals surface area (Å²) in [5, 5.41) is 0. The van der Waals surface area contributed by atoms with Gasteiger partial charge in [0.25, 0.3) is 0 Å². The summed E-state index contributed by atoms with van der Waals surface area (Å²) in [4.78, 5) is 38.2. The molecule has 420 valence electrons. The first-order valence-electron chi connectivity index (χ1n) is 30.5. The Labute approximate surface area is 456 Å². The molecule has 6 heteroatoms. The quantitative estimate of drug-likeness (QED) is 0.0261. The third-order valence-corrected chi connectivity index (χ3v) is 12.7. The van der Waals surface area contributed by atoms with Gasteiger partial charge in [-0.1, -0.05) is 264 Å². The van der Waals surface area contributed by atoms with E-state index in [0.717, 1.165) is 116 Å². The van der Waals surface area contributed by atoms with Gasteiger partial charge in [-0.05, 0) is 109 Å². The first-order valence-corrected chi connectivity index (χ1v) is 30.5. The van der Waals surface area contributed by atoms with E-state index in [2.05, 4.69) is 142 Å². The summed E-state index contributed by atoms with van der Waals surface area (Å²) in [6.07, 6.45) is 84.8. The minimum Gasteiger partial charge on any atom is -0.462 e. The predicted octanol–water partition coefficient (Wildman–Crippen LogP) is 20.8. The molecule has 6 nitrogen and oxygen atoms in total. The van der Waals surface area contributed by atoms with Gasteiger partial charge in [-0.25, -0.2) is 0 Å². The van der Waals surface area contributed by atoms with Crippen molar-refractivity contribution in [2.75, 3.05) is 13.2 Å². The Balaban J connectivity index is 4.48. The summed E-state index contributed by atoms with van der Waals surface area (Å²) in [6.45, 7) is 6.46. The van der Waals surface area contributed by atoms with Gasteiger partial charge in [-0.3, -0.25) is 14.4 Å². The van der Waals surface area contributed by atoms with Crippen molar-refractivity contribution in [2.24, 2.45) is 0 Å². The van der Waals surface area contributed by atoms with Gasteiger partial charge in [0.15, 0.2) is 6.10 Å². The van der Waals surface area contributed by atoms with E-state index in [1.54, 1.807) is 0 Å². The summed E-state index contributed by atoms with van der Waals surface area (Å²) in [5.74, 6) is -0.976. The highest BCUT2D eigenvalue weighted by atomic mass is 16.6. The maximum Gasteiger partial charge on any atom is 0.306 e. The highest BCUT2D eigenvalue weighted by Crippen LogP contribution is 2.15. The SMILES string of the molecule is CC/C=C\C/C=C\C/C=C\C/C=C\C/C=C\C/C=C\C/C=C\CCCC(=O)OCC(COC(=O)CCCCCCCCCCCCCC)OC(=O)CCCCCCCC/C=C\C/C=C\C/C=C\CCCCCCC. The van der Waals surface area contributed by atoms with Crippen LogP contribution in [0.25, 0.3) is 0 Å². The van der Waals surface area contributed by atoms with Crippen LogP contribution in [-0.2, 0) is 28.6 Å². The molecule has 74 heavy (non-hydrogen) atoms. The van der Waals surface area contributed by atoms with Crippen LogP contribution in [0, 0.1) is 0 Å². The minimum absolute atomic E-state index is 0.102. The topological polar surface area (TPSA) is 78.9 Å². The molecule has 0 aromatic carbocycles. The molecule has 0 rings (SSSR count). The third-order valence-electron chi connectivity index (χ3n) is 12.7. The Kier molecular flexibility index (Phi) is 57.9. The van der Waals surface area contributed by atoms with Crippen molar-refractivity contribution in [3.8, 4) is 0 Å². The lowest BCUT2D eigenvalue weighted by Crippen LogP contribution is -2.30. The molecule has 0 aromatic rings. The Hall–Kier alpha value is -4.19. The fourth-order valence-electron chi connectivity index (χ4n) is 8.14. The lowest BCUT2D eigenvalue weighted by molar-refractivity contribution is -0.167. The van der Waals surface area contributed by atoms with E-state index in [0.29, 0.717) is 19.3 Å². The second-order valence-corrected chi connectivity index (χ2v) is 19.9. The number of hydrogen-bond donors (Lipinski definition) is 0. The molecule has 1 atom stereocenters. The summed E-state index contributed by atoms with van der Waals surface area (Å²) in [7, 11) is 0. The molecule has 0 saturated heterocycles. The van der Waals surface area contributed by atoms with Crippen molar-refractivity contribution >= 4 is 17.9 Å². The number of carbonyl (C=O) groups excluding carboxylic acids is 3. The third kappa shape index (κ3) is 58.7. The van der Waals surface area contributed by atoms with Crippen LogP contribution in [0.4, 0.5) is 0 Å². The van der Waals surface area contributed by atoms with E-state index in [4.69, 9.17) is 14.2 Å². The normalized spacial score (nSPS) is 13.0. The molecule has 0 spiro atoms. The van der Waals surface area contributed by atoms with Gasteiger partial charge < -0.3 is 14.2 Å². The molecule has 0 radical (unpaired) electrons. The predicted molar refractivity (Wildman–Crippen MR) is 320 cm³/mol. The zero-order chi connectivity index (χ0) is 53.6. The van der Waals surface area contributed by atoms with E-state index >= 15 is 0 Å². The molecule has 0 aliphatic heterocycles. The molecule has 0 N–H and O–H groups in total. The van der Waals surface area contributed by atoms with Crippen molar-refractivity contribution < 1.29 is 28.6 Å². The number of allylic oxidation sites excluding steroid dienone is 20. The number of ether oxygens (including phenoxy) is 3. The Bertz CT molecular complexity index is 1550. The van der Waals surface area contributed by atoms with Crippen LogP contribution in [0.3, 0.4) is 0 Å². The maximum absolute atomic E-state index is 12.9. The van der Waals surface area contributed by atoms with E-state index in [-0.39, 0.29) is 37.5 Å². The van der Waals surface area contributed by atoms with Crippen LogP contribution in [0.15, 0.2) is 122 Å². The van der Waals surface area contributed by atoms with E-state index in [1.807, 2.05) is 0 Å². The summed E-state index contributed by atoms with van der Waals surface area (Å²) in [6, 6.07) is 0. The lowest BCUT2D eigenvalue weighted by atomic mass is 10.0. The summed E-state index contributed by atoms with van der Waals surface area (Å²) in [5.41, 5.74) is 0. The molecule has 0 bridgehead atoms. The van der Waals surface area contributed by atoms with Gasteiger partial charge >= 0.3 is 17.9 Å². The Morgan fingerprint density at radius 3 is 0.878 bits per heavy atom. The number of unbranched alkanes of at least 4 members (excludes halogenated alkanes) is 23. The lowest BCUT2D eigenvalue weighted by Gasteiger charge is -2.18. The fraction of sp³-hybridized carbons (Fsp3) is 0.662. The van der Waals surface area contributed by atoms with Crippen LogP contribution >= 0.6 is 0 Å². The zero-order valence-corrected chi connectivity index (χ0v) is 48.1. The molecule has 0 aliphatic carbocycles. The van der Waals surface area contributed by atoms with Crippen molar-refractivity contribution in [2.45, 2.75) is 277 Å². The van der Waals surface area contributed by atoms with Crippen LogP contribution in [-0.4, -0.2) is 37.2 Å². The van der Waals surface area contributed by atoms with Gasteiger partial charge in [0.2, 0.25) is 0 Å². The molecule has 0 amide bonds. The van der Waals surface area contributed by atoms with Crippen molar-refractivity contribution in [3.63, 3.8) is 0 Å². The molecule has 0 saturated carbocycles. The summed E-state index contributed by atoms with van der Waals surface area (Å²) < 4.78 is 16.8. The van der Waals surface area contributed by atoms with Crippen LogP contribution in [0.1, 0.15) is 271 Å². The van der Waals surface area contributed by atoms with Crippen molar-refractivity contribution in [1.29, 1.82) is 0 Å². The minimum atomic E-state index is -0.811. The standard InChI is InChI=1S/C68H112O6/c1-4-7-10-13-16-19-22-25-27-29-31-33-34-36-37-39-41-43-46-49-52-55-58-61-67(70)73-64-65(63-72-66(69)60-57-54-51-48-45-24-21-18-15-12-9-6-3)74-68(71)62-59-56-53-50-47-44-42-40-38-35-32-30-28-26-23-20-17-14-11-8-5-2/h7,10,16,19,23,25-27,30-33,36-38,40-41,43,49,52,65H,4-6,8-9,11-15,17-18,20-22,24,28-29,34-35,39,42,44-48,50-51,53-64H2,1-3H3/b10-7-,19-16-,26-23-,27-25-,32-30-,33-31-,37-36-,40-38-,43-41-,52-49-. The van der Waals surface area contributed by atoms with Gasteiger partial charge in [-0.15, -0.1) is 0 Å². The molecule has 0 aromatic heterocycles. The van der Waals surface area contributed by atoms with Crippen molar-refractivity contribution in [3.05, 3.63) is 122 Å². The Morgan fingerprint density at radius 1 is 0.284 bits per heavy atom. The average molecular weight is 1030 g/mol. The number of hydrogen-bond acceptors (Lipinski definition) is 6. The molecular formula is C68H112O6.